The molecule has 1 saturated carbocycles. The van der Waals surface area contributed by atoms with Gasteiger partial charge in [0.25, 0.3) is 0 Å². The summed E-state index contributed by atoms with van der Waals surface area (Å²) in [5, 5.41) is 2.96. The fourth-order valence-electron chi connectivity index (χ4n) is 3.16. The molecule has 1 aliphatic carbocycles. The van der Waals surface area contributed by atoms with Gasteiger partial charge >= 0.3 is 0 Å². The topological polar surface area (TPSA) is 49.4 Å². The van der Waals surface area contributed by atoms with Crippen LogP contribution in [-0.4, -0.2) is 23.8 Å². The van der Waals surface area contributed by atoms with Crippen LogP contribution in [0, 0.1) is 25.7 Å². The SMILES string of the molecule is Cc1ccc(NC(=O)C2CC2C(=O)N(C)Cc2ccccc2)c(C)c1. The molecule has 0 aromatic heterocycles. The van der Waals surface area contributed by atoms with Crippen molar-refractivity contribution in [2.75, 3.05) is 12.4 Å². The highest BCUT2D eigenvalue weighted by molar-refractivity contribution is 5.99. The van der Waals surface area contributed by atoms with E-state index < -0.39 is 0 Å². The molecule has 0 spiro atoms. The number of aryl methyl sites for hydroxylation is 2. The van der Waals surface area contributed by atoms with Crippen LogP contribution in [0.3, 0.4) is 0 Å². The van der Waals surface area contributed by atoms with Crippen molar-refractivity contribution < 1.29 is 9.59 Å². The molecule has 0 bridgehead atoms. The Hall–Kier alpha value is -2.62. The smallest absolute Gasteiger partial charge is 0.228 e. The zero-order chi connectivity index (χ0) is 18.0. The molecule has 4 heteroatoms. The lowest BCUT2D eigenvalue weighted by molar-refractivity contribution is -0.133. The third-order valence-corrected chi connectivity index (χ3v) is 4.72. The van der Waals surface area contributed by atoms with Crippen LogP contribution in [0.5, 0.6) is 0 Å². The van der Waals surface area contributed by atoms with E-state index in [1.165, 1.54) is 0 Å². The molecule has 1 fully saturated rings. The molecule has 2 atom stereocenters. The first-order valence-corrected chi connectivity index (χ1v) is 8.62. The maximum absolute atomic E-state index is 12.5. The van der Waals surface area contributed by atoms with Gasteiger partial charge in [-0.3, -0.25) is 9.59 Å². The monoisotopic (exact) mass is 336 g/mol. The number of rotatable bonds is 5. The Bertz CT molecular complexity index is 786. The Balaban J connectivity index is 1.56. The number of hydrogen-bond donors (Lipinski definition) is 1. The molecule has 1 N–H and O–H groups in total. The molecule has 2 amide bonds. The minimum atomic E-state index is -0.216. The zero-order valence-electron chi connectivity index (χ0n) is 15.0. The van der Waals surface area contributed by atoms with E-state index in [1.807, 2.05) is 62.4 Å². The van der Waals surface area contributed by atoms with Crippen molar-refractivity contribution in [1.29, 1.82) is 0 Å². The van der Waals surface area contributed by atoms with E-state index in [0.29, 0.717) is 13.0 Å². The third kappa shape index (κ3) is 4.08. The predicted octanol–water partition coefficient (Wildman–Crippen LogP) is 3.54. The van der Waals surface area contributed by atoms with Gasteiger partial charge in [0, 0.05) is 19.3 Å². The lowest BCUT2D eigenvalue weighted by atomic mass is 10.1. The maximum atomic E-state index is 12.5. The van der Waals surface area contributed by atoms with Crippen LogP contribution >= 0.6 is 0 Å². The van der Waals surface area contributed by atoms with Crippen molar-refractivity contribution in [3.8, 4) is 0 Å². The average Bonchev–Trinajstić information content (AvgIpc) is 3.38. The lowest BCUT2D eigenvalue weighted by Gasteiger charge is -2.17. The van der Waals surface area contributed by atoms with Gasteiger partial charge in [-0.15, -0.1) is 0 Å². The number of carbonyl (C=O) groups excluding carboxylic acids is 2. The second-order valence-electron chi connectivity index (χ2n) is 6.94. The van der Waals surface area contributed by atoms with Crippen molar-refractivity contribution in [3.05, 3.63) is 65.2 Å². The lowest BCUT2D eigenvalue weighted by Crippen LogP contribution is -2.29. The summed E-state index contributed by atoms with van der Waals surface area (Å²) in [7, 11) is 1.80. The molecule has 25 heavy (non-hydrogen) atoms. The average molecular weight is 336 g/mol. The molecule has 3 rings (SSSR count). The Morgan fingerprint density at radius 2 is 1.80 bits per heavy atom. The first-order valence-electron chi connectivity index (χ1n) is 8.62. The molecule has 4 nitrogen and oxygen atoms in total. The van der Waals surface area contributed by atoms with Crippen LogP contribution in [0.4, 0.5) is 5.69 Å². The van der Waals surface area contributed by atoms with Gasteiger partial charge in [0.15, 0.2) is 0 Å². The first-order chi connectivity index (χ1) is 12.0. The summed E-state index contributed by atoms with van der Waals surface area (Å²) in [6.07, 6.45) is 0.634. The van der Waals surface area contributed by atoms with Gasteiger partial charge in [0.2, 0.25) is 11.8 Å². The van der Waals surface area contributed by atoms with Crippen LogP contribution in [0.2, 0.25) is 0 Å². The van der Waals surface area contributed by atoms with Gasteiger partial charge in [-0.1, -0.05) is 48.0 Å². The summed E-state index contributed by atoms with van der Waals surface area (Å²) >= 11 is 0. The van der Waals surface area contributed by atoms with Gasteiger partial charge in [0.1, 0.15) is 0 Å². The molecular weight excluding hydrogens is 312 g/mol. The normalized spacial score (nSPS) is 18.5. The van der Waals surface area contributed by atoms with Crippen LogP contribution in [0.25, 0.3) is 0 Å². The molecular formula is C21H24N2O2. The number of benzene rings is 2. The largest absolute Gasteiger partial charge is 0.341 e. The molecule has 0 saturated heterocycles. The summed E-state index contributed by atoms with van der Waals surface area (Å²) in [6.45, 7) is 4.57. The predicted molar refractivity (Wildman–Crippen MR) is 99.1 cm³/mol. The number of nitrogens with one attached hydrogen (secondary N) is 1. The van der Waals surface area contributed by atoms with Crippen LogP contribution in [-0.2, 0) is 16.1 Å². The Kier molecular flexibility index (Phi) is 4.88. The molecule has 2 aromatic carbocycles. The van der Waals surface area contributed by atoms with Gasteiger partial charge < -0.3 is 10.2 Å². The highest BCUT2D eigenvalue weighted by Crippen LogP contribution is 2.41. The van der Waals surface area contributed by atoms with Crippen LogP contribution in [0.1, 0.15) is 23.1 Å². The standard InChI is InChI=1S/C21H24N2O2/c1-14-9-10-19(15(2)11-14)22-20(24)17-12-18(17)21(25)23(3)13-16-7-5-4-6-8-16/h4-11,17-18H,12-13H2,1-3H3,(H,22,24). The van der Waals surface area contributed by atoms with E-state index in [9.17, 15) is 9.59 Å². The summed E-state index contributed by atoms with van der Waals surface area (Å²) in [5.41, 5.74) is 4.12. The van der Waals surface area contributed by atoms with Crippen molar-refractivity contribution >= 4 is 17.5 Å². The minimum absolute atomic E-state index is 0.0460. The summed E-state index contributed by atoms with van der Waals surface area (Å²) in [5.74, 6) is -0.422. The van der Waals surface area contributed by atoms with E-state index in [4.69, 9.17) is 0 Å². The van der Waals surface area contributed by atoms with Crippen molar-refractivity contribution in [2.45, 2.75) is 26.8 Å². The van der Waals surface area contributed by atoms with E-state index >= 15 is 0 Å². The zero-order valence-corrected chi connectivity index (χ0v) is 15.0. The fourth-order valence-corrected chi connectivity index (χ4v) is 3.16. The second-order valence-corrected chi connectivity index (χ2v) is 6.94. The first kappa shape index (κ1) is 17.2. The van der Waals surface area contributed by atoms with Crippen molar-refractivity contribution in [1.82, 2.24) is 4.90 Å². The Labute approximate surface area is 148 Å². The third-order valence-electron chi connectivity index (χ3n) is 4.72. The molecule has 2 unspecified atom stereocenters. The number of amides is 2. The molecule has 2 aromatic rings. The number of anilines is 1. The molecule has 0 heterocycles. The Morgan fingerprint density at radius 1 is 1.08 bits per heavy atom. The van der Waals surface area contributed by atoms with Crippen molar-refractivity contribution in [2.24, 2.45) is 11.8 Å². The van der Waals surface area contributed by atoms with Gasteiger partial charge in [-0.05, 0) is 37.5 Å². The van der Waals surface area contributed by atoms with Crippen LogP contribution in [0.15, 0.2) is 48.5 Å². The molecule has 1 aliphatic rings. The van der Waals surface area contributed by atoms with E-state index in [0.717, 1.165) is 22.4 Å². The summed E-state index contributed by atoms with van der Waals surface area (Å²) in [4.78, 5) is 26.7. The molecule has 130 valence electrons. The number of hydrogen-bond acceptors (Lipinski definition) is 2. The van der Waals surface area contributed by atoms with Gasteiger partial charge in [-0.2, -0.15) is 0 Å². The minimum Gasteiger partial charge on any atom is -0.341 e. The highest BCUT2D eigenvalue weighted by atomic mass is 16.2. The van der Waals surface area contributed by atoms with Gasteiger partial charge in [-0.25, -0.2) is 0 Å². The summed E-state index contributed by atoms with van der Waals surface area (Å²) in [6, 6.07) is 15.8. The number of carbonyl (C=O) groups is 2. The van der Waals surface area contributed by atoms with Crippen molar-refractivity contribution in [3.63, 3.8) is 0 Å². The summed E-state index contributed by atoms with van der Waals surface area (Å²) < 4.78 is 0. The fraction of sp³-hybridized carbons (Fsp3) is 0.333. The molecule has 0 aliphatic heterocycles. The van der Waals surface area contributed by atoms with Gasteiger partial charge in [0.05, 0.1) is 11.8 Å². The Morgan fingerprint density at radius 3 is 2.48 bits per heavy atom. The van der Waals surface area contributed by atoms with Crippen LogP contribution < -0.4 is 5.32 Å². The van der Waals surface area contributed by atoms with E-state index in [2.05, 4.69) is 5.32 Å². The maximum Gasteiger partial charge on any atom is 0.228 e. The highest BCUT2D eigenvalue weighted by Gasteiger charge is 2.49. The quantitative estimate of drug-likeness (QED) is 0.908. The molecule has 0 radical (unpaired) electrons. The van der Waals surface area contributed by atoms with E-state index in [-0.39, 0.29) is 23.7 Å². The van der Waals surface area contributed by atoms with E-state index in [1.54, 1.807) is 11.9 Å². The number of nitrogens with zero attached hydrogens (tertiary/aromatic N) is 1. The second kappa shape index (κ2) is 7.09.